The molecule has 0 saturated heterocycles. The lowest BCUT2D eigenvalue weighted by Gasteiger charge is -2.25. The molecule has 4 rings (SSSR count). The minimum absolute atomic E-state index is 0.268. The van der Waals surface area contributed by atoms with Gasteiger partial charge in [0.25, 0.3) is 0 Å². The van der Waals surface area contributed by atoms with Crippen molar-refractivity contribution in [3.63, 3.8) is 0 Å². The minimum atomic E-state index is -1.21. The van der Waals surface area contributed by atoms with Crippen LogP contribution in [0.25, 0.3) is 28.3 Å². The highest BCUT2D eigenvalue weighted by Gasteiger charge is 2.20. The van der Waals surface area contributed by atoms with Crippen molar-refractivity contribution in [2.24, 2.45) is 0 Å². The predicted octanol–water partition coefficient (Wildman–Crippen LogP) is 7.32. The van der Waals surface area contributed by atoms with Crippen molar-refractivity contribution < 1.29 is 9.90 Å². The van der Waals surface area contributed by atoms with Crippen molar-refractivity contribution in [3.8, 4) is 28.3 Å². The van der Waals surface area contributed by atoms with E-state index in [-0.39, 0.29) is 5.57 Å². The molecule has 0 aromatic heterocycles. The highest BCUT2D eigenvalue weighted by molar-refractivity contribution is 5.96. The summed E-state index contributed by atoms with van der Waals surface area (Å²) in [7, 11) is 0. The van der Waals surface area contributed by atoms with Crippen molar-refractivity contribution in [3.05, 3.63) is 82.9 Å². The van der Waals surface area contributed by atoms with Crippen molar-refractivity contribution in [1.82, 2.24) is 0 Å². The van der Waals surface area contributed by atoms with Crippen LogP contribution in [-0.2, 0) is 11.2 Å². The minimum Gasteiger partial charge on any atom is -0.477 e. The molecule has 1 aliphatic rings. The number of nitrogens with zero attached hydrogens (tertiary/aromatic N) is 2. The molecule has 0 fully saturated rings. The largest absolute Gasteiger partial charge is 0.477 e. The highest BCUT2D eigenvalue weighted by atomic mass is 16.4. The molecular weight excluding hydrogens is 432 g/mol. The molecule has 0 aliphatic heterocycles. The SMILES string of the molecule is CCCCN(CCCC)c1ccc2c(c1)Cc1cc(-c3ccc(C=C(C#N)C(=O)O)cc3)ccc1-2. The maximum absolute atomic E-state index is 11.1. The number of anilines is 1. The third-order valence-electron chi connectivity index (χ3n) is 6.70. The van der Waals surface area contributed by atoms with Gasteiger partial charge in [-0.2, -0.15) is 5.26 Å². The van der Waals surface area contributed by atoms with E-state index in [1.54, 1.807) is 6.07 Å². The lowest BCUT2D eigenvalue weighted by Crippen LogP contribution is -2.25. The quantitative estimate of drug-likeness (QED) is 0.197. The molecule has 4 nitrogen and oxygen atoms in total. The maximum Gasteiger partial charge on any atom is 0.346 e. The van der Waals surface area contributed by atoms with Crippen LogP contribution in [0, 0.1) is 11.3 Å². The van der Waals surface area contributed by atoms with Crippen molar-refractivity contribution in [2.45, 2.75) is 46.0 Å². The number of carbonyl (C=O) groups is 1. The Bertz CT molecular complexity index is 1270. The molecule has 3 aromatic carbocycles. The lowest BCUT2D eigenvalue weighted by molar-refractivity contribution is -0.132. The van der Waals surface area contributed by atoms with E-state index < -0.39 is 5.97 Å². The summed E-state index contributed by atoms with van der Waals surface area (Å²) in [6.07, 6.45) is 7.18. The molecule has 3 aromatic rings. The Kier molecular flexibility index (Phi) is 7.67. The Labute approximate surface area is 208 Å². The smallest absolute Gasteiger partial charge is 0.346 e. The number of nitriles is 1. The van der Waals surface area contributed by atoms with E-state index >= 15 is 0 Å². The van der Waals surface area contributed by atoms with Gasteiger partial charge in [0.05, 0.1) is 0 Å². The number of carboxylic acids is 1. The van der Waals surface area contributed by atoms with Gasteiger partial charge in [-0.3, -0.25) is 0 Å². The molecule has 1 aliphatic carbocycles. The van der Waals surface area contributed by atoms with Crippen LogP contribution in [-0.4, -0.2) is 24.2 Å². The first-order valence-electron chi connectivity index (χ1n) is 12.5. The van der Waals surface area contributed by atoms with Gasteiger partial charge in [-0.25, -0.2) is 4.79 Å². The first kappa shape index (κ1) is 24.3. The summed E-state index contributed by atoms with van der Waals surface area (Å²) < 4.78 is 0. The predicted molar refractivity (Wildman–Crippen MR) is 143 cm³/mol. The Morgan fingerprint density at radius 2 is 1.51 bits per heavy atom. The van der Waals surface area contributed by atoms with E-state index in [2.05, 4.69) is 55.1 Å². The van der Waals surface area contributed by atoms with Crippen LogP contribution in [0.15, 0.2) is 66.2 Å². The topological polar surface area (TPSA) is 64.3 Å². The van der Waals surface area contributed by atoms with E-state index in [1.165, 1.54) is 59.7 Å². The molecule has 0 heterocycles. The maximum atomic E-state index is 11.1. The fourth-order valence-corrected chi connectivity index (χ4v) is 4.72. The summed E-state index contributed by atoms with van der Waals surface area (Å²) in [6, 6.07) is 23.0. The molecule has 178 valence electrons. The molecule has 0 spiro atoms. The first-order chi connectivity index (χ1) is 17.0. The van der Waals surface area contributed by atoms with Gasteiger partial charge in [-0.1, -0.05) is 75.2 Å². The third-order valence-corrected chi connectivity index (χ3v) is 6.70. The van der Waals surface area contributed by atoms with E-state index in [4.69, 9.17) is 10.4 Å². The van der Waals surface area contributed by atoms with Crippen LogP contribution >= 0.6 is 0 Å². The van der Waals surface area contributed by atoms with Crippen LogP contribution in [0.2, 0.25) is 0 Å². The monoisotopic (exact) mass is 464 g/mol. The van der Waals surface area contributed by atoms with Crippen LogP contribution in [0.5, 0.6) is 0 Å². The second-order valence-corrected chi connectivity index (χ2v) is 9.18. The Morgan fingerprint density at radius 3 is 2.11 bits per heavy atom. The fraction of sp³-hybridized carbons (Fsp3) is 0.290. The standard InChI is InChI=1S/C31H32N2O2/c1-3-5-15-33(16-6-4-2)28-12-14-30-26(20-28)19-25-18-24(11-13-29(25)30)23-9-7-22(8-10-23)17-27(21-32)31(34)35/h7-14,17-18,20H,3-6,15-16,19H2,1-2H3,(H,34,35). The summed E-state index contributed by atoms with van der Waals surface area (Å²) in [6.45, 7) is 6.72. The zero-order valence-corrected chi connectivity index (χ0v) is 20.6. The van der Waals surface area contributed by atoms with Gasteiger partial charge >= 0.3 is 5.97 Å². The summed E-state index contributed by atoms with van der Waals surface area (Å²) >= 11 is 0. The molecule has 0 radical (unpaired) electrons. The first-order valence-corrected chi connectivity index (χ1v) is 12.5. The number of fused-ring (bicyclic) bond motifs is 3. The van der Waals surface area contributed by atoms with Gasteiger partial charge in [0.15, 0.2) is 0 Å². The van der Waals surface area contributed by atoms with Crippen LogP contribution < -0.4 is 4.90 Å². The Balaban J connectivity index is 1.56. The molecule has 0 unspecified atom stereocenters. The van der Waals surface area contributed by atoms with E-state index in [1.807, 2.05) is 24.3 Å². The van der Waals surface area contributed by atoms with Crippen molar-refractivity contribution in [2.75, 3.05) is 18.0 Å². The van der Waals surface area contributed by atoms with Gasteiger partial charge < -0.3 is 10.0 Å². The zero-order valence-electron chi connectivity index (χ0n) is 20.6. The Morgan fingerprint density at radius 1 is 0.914 bits per heavy atom. The number of unbranched alkanes of at least 4 members (excludes halogenated alkanes) is 2. The van der Waals surface area contributed by atoms with Crippen LogP contribution in [0.4, 0.5) is 5.69 Å². The summed E-state index contributed by atoms with van der Waals surface area (Å²) in [4.78, 5) is 13.6. The highest BCUT2D eigenvalue weighted by Crippen LogP contribution is 2.40. The van der Waals surface area contributed by atoms with Crippen LogP contribution in [0.3, 0.4) is 0 Å². The van der Waals surface area contributed by atoms with Crippen molar-refractivity contribution in [1.29, 1.82) is 5.26 Å². The zero-order chi connectivity index (χ0) is 24.8. The number of hydrogen-bond acceptors (Lipinski definition) is 3. The van der Waals surface area contributed by atoms with E-state index in [0.717, 1.165) is 30.6 Å². The number of hydrogen-bond donors (Lipinski definition) is 1. The molecule has 0 saturated carbocycles. The molecule has 1 N–H and O–H groups in total. The number of rotatable bonds is 10. The third kappa shape index (κ3) is 5.46. The summed E-state index contributed by atoms with van der Waals surface area (Å²) in [5.41, 5.74) is 9.35. The average Bonchev–Trinajstić information content (AvgIpc) is 3.24. The van der Waals surface area contributed by atoms with Gasteiger partial charge in [0.2, 0.25) is 0 Å². The number of carboxylic acid groups (broad SMARTS) is 1. The van der Waals surface area contributed by atoms with E-state index in [0.29, 0.717) is 5.56 Å². The molecule has 4 heteroatoms. The lowest BCUT2D eigenvalue weighted by atomic mass is 9.98. The number of benzene rings is 3. The van der Waals surface area contributed by atoms with E-state index in [9.17, 15) is 4.79 Å². The summed E-state index contributed by atoms with van der Waals surface area (Å²) in [5, 5.41) is 18.0. The fourth-order valence-electron chi connectivity index (χ4n) is 4.72. The number of aliphatic carboxylic acids is 1. The van der Waals surface area contributed by atoms with Gasteiger partial charge in [0, 0.05) is 18.8 Å². The average molecular weight is 465 g/mol. The van der Waals surface area contributed by atoms with Crippen LogP contribution in [0.1, 0.15) is 56.2 Å². The summed E-state index contributed by atoms with van der Waals surface area (Å²) in [5.74, 6) is -1.21. The van der Waals surface area contributed by atoms with Gasteiger partial charge in [0.1, 0.15) is 11.6 Å². The second-order valence-electron chi connectivity index (χ2n) is 9.18. The second kappa shape index (κ2) is 11.1. The molecule has 0 bridgehead atoms. The van der Waals surface area contributed by atoms with Gasteiger partial charge in [-0.15, -0.1) is 0 Å². The molecule has 0 amide bonds. The normalized spacial score (nSPS) is 12.1. The molecule has 35 heavy (non-hydrogen) atoms. The van der Waals surface area contributed by atoms with Gasteiger partial charge in [-0.05, 0) is 76.4 Å². The Hall–Kier alpha value is -3.84. The molecule has 0 atom stereocenters. The molecular formula is C31H32N2O2. The van der Waals surface area contributed by atoms with Crippen molar-refractivity contribution >= 4 is 17.7 Å².